The van der Waals surface area contributed by atoms with E-state index < -0.39 is 18.0 Å². The molecule has 9 heteroatoms. The highest BCUT2D eigenvalue weighted by Gasteiger charge is 2.33. The minimum atomic E-state index is -0.742. The van der Waals surface area contributed by atoms with Gasteiger partial charge in [-0.2, -0.15) is 0 Å². The Kier molecular flexibility index (Phi) is 8.58. The molecule has 4 rings (SSSR count). The maximum atomic E-state index is 13.7. The van der Waals surface area contributed by atoms with Gasteiger partial charge < -0.3 is 14.2 Å². The number of hydrogen-bond donors (Lipinski definition) is 0. The van der Waals surface area contributed by atoms with Gasteiger partial charge in [0, 0.05) is 6.92 Å². The van der Waals surface area contributed by atoms with Crippen molar-refractivity contribution in [3.8, 4) is 11.5 Å². The van der Waals surface area contributed by atoms with Crippen molar-refractivity contribution in [1.29, 1.82) is 0 Å². The zero-order chi connectivity index (χ0) is 27.2. The van der Waals surface area contributed by atoms with Gasteiger partial charge in [0.2, 0.25) is 0 Å². The molecule has 2 aromatic carbocycles. The number of carbonyl (C=O) groups excluding carboxylic acids is 2. The second kappa shape index (κ2) is 12.0. The van der Waals surface area contributed by atoms with Crippen LogP contribution in [0.1, 0.15) is 57.7 Å². The fraction of sp³-hybridized carbons (Fsp3) is 0.310. The first-order valence-electron chi connectivity index (χ1n) is 12.5. The lowest BCUT2D eigenvalue weighted by Gasteiger charge is -2.24. The molecule has 1 atom stereocenters. The predicted molar refractivity (Wildman–Crippen MR) is 145 cm³/mol. The van der Waals surface area contributed by atoms with E-state index >= 15 is 0 Å². The zero-order valence-corrected chi connectivity index (χ0v) is 22.7. The summed E-state index contributed by atoms with van der Waals surface area (Å²) in [5.74, 6) is 0.183. The highest BCUT2D eigenvalue weighted by atomic mass is 32.1. The number of unbranched alkanes of at least 4 members (excludes halogenated alkanes) is 1. The summed E-state index contributed by atoms with van der Waals surface area (Å²) in [7, 11) is 0. The summed E-state index contributed by atoms with van der Waals surface area (Å²) in [4.78, 5) is 43.1. The summed E-state index contributed by atoms with van der Waals surface area (Å²) in [6.45, 7) is 7.76. The van der Waals surface area contributed by atoms with Crippen LogP contribution in [0.3, 0.4) is 0 Å². The Bertz CT molecular complexity index is 1530. The van der Waals surface area contributed by atoms with Crippen molar-refractivity contribution in [1.82, 2.24) is 4.57 Å². The van der Waals surface area contributed by atoms with E-state index in [1.165, 1.54) is 22.8 Å². The van der Waals surface area contributed by atoms with Crippen LogP contribution in [0.2, 0.25) is 0 Å². The zero-order valence-electron chi connectivity index (χ0n) is 21.9. The minimum absolute atomic E-state index is 0.191. The summed E-state index contributed by atoms with van der Waals surface area (Å²) in [5.41, 5.74) is 2.03. The standard InChI is InChI=1S/C29H30N2O6S/c1-5-7-16-36-22-12-8-20(9-13-22)17-24-27(33)31-26(21-10-14-23(15-11-21)37-19(4)32)25(28(34)35-6-2)18(3)30-29(31)38-24/h8-15,17,26H,5-7,16H2,1-4H3/b24-17+/t26-/m0/s1. The molecule has 1 aliphatic rings. The van der Waals surface area contributed by atoms with Gasteiger partial charge in [0.15, 0.2) is 4.80 Å². The Labute approximate surface area is 224 Å². The van der Waals surface area contributed by atoms with E-state index in [2.05, 4.69) is 11.9 Å². The first-order valence-corrected chi connectivity index (χ1v) is 13.3. The molecule has 0 aliphatic carbocycles. The normalized spacial score (nSPS) is 15.1. The molecule has 0 saturated heterocycles. The lowest BCUT2D eigenvalue weighted by Crippen LogP contribution is -2.39. The number of benzene rings is 2. The van der Waals surface area contributed by atoms with Crippen molar-refractivity contribution in [2.45, 2.75) is 46.6 Å². The van der Waals surface area contributed by atoms with Gasteiger partial charge in [-0.05, 0) is 61.7 Å². The largest absolute Gasteiger partial charge is 0.494 e. The van der Waals surface area contributed by atoms with Crippen molar-refractivity contribution < 1.29 is 23.8 Å². The molecular weight excluding hydrogens is 504 g/mol. The summed E-state index contributed by atoms with van der Waals surface area (Å²) < 4.78 is 18.2. The third-order valence-corrected chi connectivity index (χ3v) is 6.90. The number of fused-ring (bicyclic) bond motifs is 1. The Hall–Kier alpha value is -3.98. The van der Waals surface area contributed by atoms with Gasteiger partial charge in [-0.3, -0.25) is 14.2 Å². The summed E-state index contributed by atoms with van der Waals surface area (Å²) in [6.07, 6.45) is 3.86. The Morgan fingerprint density at radius 1 is 1.05 bits per heavy atom. The lowest BCUT2D eigenvalue weighted by atomic mass is 9.96. The van der Waals surface area contributed by atoms with Crippen LogP contribution < -0.4 is 24.4 Å². The molecule has 38 heavy (non-hydrogen) atoms. The fourth-order valence-corrected chi connectivity index (χ4v) is 5.18. The molecule has 0 spiro atoms. The van der Waals surface area contributed by atoms with Gasteiger partial charge in [0.05, 0.1) is 35.1 Å². The quantitative estimate of drug-likeness (QED) is 0.235. The second-order valence-corrected chi connectivity index (χ2v) is 9.75. The highest BCUT2D eigenvalue weighted by molar-refractivity contribution is 7.07. The molecule has 1 aromatic heterocycles. The van der Waals surface area contributed by atoms with Gasteiger partial charge in [0.1, 0.15) is 11.5 Å². The van der Waals surface area contributed by atoms with Gasteiger partial charge >= 0.3 is 11.9 Å². The van der Waals surface area contributed by atoms with Crippen molar-refractivity contribution in [3.63, 3.8) is 0 Å². The van der Waals surface area contributed by atoms with Crippen molar-refractivity contribution in [2.75, 3.05) is 13.2 Å². The maximum Gasteiger partial charge on any atom is 0.338 e. The molecule has 198 valence electrons. The number of esters is 2. The third kappa shape index (κ3) is 5.94. The third-order valence-electron chi connectivity index (χ3n) is 5.92. The SMILES string of the molecule is CCCCOc1ccc(/C=c2/sc3n(c2=O)[C@@H](c2ccc(OC(C)=O)cc2)C(C(=O)OCC)=C(C)N=3)cc1. The van der Waals surface area contributed by atoms with Crippen LogP contribution in [0.5, 0.6) is 11.5 Å². The average molecular weight is 535 g/mol. The van der Waals surface area contributed by atoms with Gasteiger partial charge in [-0.1, -0.05) is 48.9 Å². The Morgan fingerprint density at radius 3 is 2.37 bits per heavy atom. The molecule has 0 unspecified atom stereocenters. The molecule has 0 saturated carbocycles. The first-order chi connectivity index (χ1) is 18.3. The van der Waals surface area contributed by atoms with E-state index in [0.717, 1.165) is 24.2 Å². The van der Waals surface area contributed by atoms with Crippen LogP contribution in [-0.4, -0.2) is 29.7 Å². The Morgan fingerprint density at radius 2 is 1.74 bits per heavy atom. The second-order valence-electron chi connectivity index (χ2n) is 8.74. The van der Waals surface area contributed by atoms with E-state index in [1.54, 1.807) is 38.1 Å². The van der Waals surface area contributed by atoms with E-state index in [-0.39, 0.29) is 12.2 Å². The summed E-state index contributed by atoms with van der Waals surface area (Å²) >= 11 is 1.26. The van der Waals surface area contributed by atoms with Crippen LogP contribution >= 0.6 is 11.3 Å². The molecule has 1 aliphatic heterocycles. The minimum Gasteiger partial charge on any atom is -0.494 e. The lowest BCUT2D eigenvalue weighted by molar-refractivity contribution is -0.139. The van der Waals surface area contributed by atoms with Gasteiger partial charge in [-0.15, -0.1) is 0 Å². The number of nitrogens with zero attached hydrogens (tertiary/aromatic N) is 2. The molecule has 8 nitrogen and oxygen atoms in total. The first kappa shape index (κ1) is 27.1. The topological polar surface area (TPSA) is 96.2 Å². The van der Waals surface area contributed by atoms with E-state index in [9.17, 15) is 14.4 Å². The molecule has 0 radical (unpaired) electrons. The van der Waals surface area contributed by atoms with Crippen LogP contribution in [0, 0.1) is 0 Å². The van der Waals surface area contributed by atoms with Crippen LogP contribution in [0.4, 0.5) is 0 Å². The predicted octanol–water partition coefficient (Wildman–Crippen LogP) is 3.90. The number of aromatic nitrogens is 1. The summed E-state index contributed by atoms with van der Waals surface area (Å²) in [5, 5.41) is 0. The molecule has 0 bridgehead atoms. The number of thiazole rings is 1. The van der Waals surface area contributed by atoms with E-state index in [1.807, 2.05) is 30.3 Å². The van der Waals surface area contributed by atoms with Crippen LogP contribution in [-0.2, 0) is 14.3 Å². The highest BCUT2D eigenvalue weighted by Crippen LogP contribution is 2.31. The van der Waals surface area contributed by atoms with E-state index in [4.69, 9.17) is 14.2 Å². The average Bonchev–Trinajstić information content (AvgIpc) is 3.19. The number of hydrogen-bond acceptors (Lipinski definition) is 8. The maximum absolute atomic E-state index is 13.7. The molecule has 2 heterocycles. The van der Waals surface area contributed by atoms with Gasteiger partial charge in [0.25, 0.3) is 5.56 Å². The molecule has 0 fully saturated rings. The smallest absolute Gasteiger partial charge is 0.338 e. The van der Waals surface area contributed by atoms with Crippen molar-refractivity contribution in [2.24, 2.45) is 4.99 Å². The van der Waals surface area contributed by atoms with Crippen molar-refractivity contribution in [3.05, 3.63) is 90.6 Å². The van der Waals surface area contributed by atoms with Crippen LogP contribution in [0.15, 0.2) is 69.6 Å². The fourth-order valence-electron chi connectivity index (χ4n) is 4.14. The molecule has 0 amide bonds. The monoisotopic (exact) mass is 534 g/mol. The molecule has 0 N–H and O–H groups in total. The van der Waals surface area contributed by atoms with Crippen LogP contribution in [0.25, 0.3) is 6.08 Å². The van der Waals surface area contributed by atoms with Gasteiger partial charge in [-0.25, -0.2) is 9.79 Å². The number of ether oxygens (including phenoxy) is 3. The number of allylic oxidation sites excluding steroid dienone is 1. The number of rotatable bonds is 9. The van der Waals surface area contributed by atoms with E-state index in [0.29, 0.717) is 38.5 Å². The Balaban J connectivity index is 1.78. The molecular formula is C29H30N2O6S. The summed E-state index contributed by atoms with van der Waals surface area (Å²) in [6, 6.07) is 13.6. The van der Waals surface area contributed by atoms with Crippen molar-refractivity contribution >= 4 is 29.4 Å². The molecule has 3 aromatic rings. The number of carbonyl (C=O) groups is 2.